The highest BCUT2D eigenvalue weighted by molar-refractivity contribution is 5.97. The predicted molar refractivity (Wildman–Crippen MR) is 112 cm³/mol. The van der Waals surface area contributed by atoms with Crippen LogP contribution in [0.4, 0.5) is 0 Å². The van der Waals surface area contributed by atoms with E-state index in [-0.39, 0.29) is 11.5 Å². The number of aromatic amines is 1. The van der Waals surface area contributed by atoms with E-state index in [1.54, 1.807) is 40.7 Å². The first-order valence-corrected chi connectivity index (χ1v) is 9.52. The van der Waals surface area contributed by atoms with Gasteiger partial charge in [0.15, 0.2) is 0 Å². The Hall–Kier alpha value is -3.45. The Morgan fingerprint density at radius 3 is 2.72 bits per heavy atom. The molecule has 0 atom stereocenters. The minimum Gasteiger partial charge on any atom is -0.380 e. The third-order valence-electron chi connectivity index (χ3n) is 4.88. The molecule has 4 rings (SSSR count). The highest BCUT2D eigenvalue weighted by Gasteiger charge is 2.16. The number of carbonyl (C=O) groups is 1. The van der Waals surface area contributed by atoms with Gasteiger partial charge in [-0.3, -0.25) is 14.0 Å². The molecule has 0 bridgehead atoms. The number of hydrogen-bond donors (Lipinski definition) is 1. The molecule has 7 nitrogen and oxygen atoms in total. The normalized spacial score (nSPS) is 11.2. The van der Waals surface area contributed by atoms with Crippen LogP contribution in [0.1, 0.15) is 17.3 Å². The maximum absolute atomic E-state index is 12.9. The molecule has 1 amide bonds. The van der Waals surface area contributed by atoms with Crippen LogP contribution in [0.5, 0.6) is 0 Å². The van der Waals surface area contributed by atoms with Gasteiger partial charge in [0, 0.05) is 31.3 Å². The minimum absolute atomic E-state index is 0.104. The second kappa shape index (κ2) is 7.89. The highest BCUT2D eigenvalue weighted by atomic mass is 16.5. The lowest BCUT2D eigenvalue weighted by molar-refractivity contribution is 0.0710. The summed E-state index contributed by atoms with van der Waals surface area (Å²) in [6.07, 6.45) is 1.56. The van der Waals surface area contributed by atoms with Crippen molar-refractivity contribution in [3.8, 4) is 11.4 Å². The zero-order chi connectivity index (χ0) is 20.4. The van der Waals surface area contributed by atoms with Crippen LogP contribution >= 0.6 is 0 Å². The van der Waals surface area contributed by atoms with Crippen LogP contribution in [-0.2, 0) is 4.74 Å². The van der Waals surface area contributed by atoms with Gasteiger partial charge in [-0.15, -0.1) is 0 Å². The zero-order valence-corrected chi connectivity index (χ0v) is 16.4. The maximum Gasteiger partial charge on any atom is 0.274 e. The molecule has 2 aromatic heterocycles. The number of nitrogens with one attached hydrogen (secondary N) is 1. The van der Waals surface area contributed by atoms with Crippen LogP contribution in [0.3, 0.4) is 0 Å². The van der Waals surface area contributed by atoms with E-state index in [1.165, 1.54) is 0 Å². The Bertz CT molecular complexity index is 1230. The summed E-state index contributed by atoms with van der Waals surface area (Å²) in [5, 5.41) is 0. The van der Waals surface area contributed by atoms with Crippen molar-refractivity contribution in [1.29, 1.82) is 0 Å². The third kappa shape index (κ3) is 3.52. The summed E-state index contributed by atoms with van der Waals surface area (Å²) in [6, 6.07) is 14.9. The number of imidazole rings is 1. The summed E-state index contributed by atoms with van der Waals surface area (Å²) < 4.78 is 7.15. The summed E-state index contributed by atoms with van der Waals surface area (Å²) in [7, 11) is 1.75. The van der Waals surface area contributed by atoms with Gasteiger partial charge in [-0.25, -0.2) is 4.98 Å². The van der Waals surface area contributed by atoms with Crippen LogP contribution in [-0.4, -0.2) is 52.0 Å². The van der Waals surface area contributed by atoms with Gasteiger partial charge in [-0.2, -0.15) is 0 Å². The van der Waals surface area contributed by atoms with Crippen molar-refractivity contribution in [3.63, 3.8) is 0 Å². The second-order valence-corrected chi connectivity index (χ2v) is 6.78. The fraction of sp³-hybridized carbons (Fsp3) is 0.227. The molecule has 0 aliphatic rings. The molecule has 0 spiro atoms. The summed E-state index contributed by atoms with van der Waals surface area (Å²) in [6.45, 7) is 3.54. The Morgan fingerprint density at radius 2 is 1.97 bits per heavy atom. The quantitative estimate of drug-likeness (QED) is 0.514. The molecule has 1 N–H and O–H groups in total. The Balaban J connectivity index is 1.84. The van der Waals surface area contributed by atoms with Crippen molar-refractivity contribution in [3.05, 3.63) is 70.6 Å². The van der Waals surface area contributed by atoms with Gasteiger partial charge in [0.1, 0.15) is 11.3 Å². The fourth-order valence-electron chi connectivity index (χ4n) is 3.36. The van der Waals surface area contributed by atoms with Gasteiger partial charge in [0.25, 0.3) is 11.5 Å². The van der Waals surface area contributed by atoms with Gasteiger partial charge in [-0.1, -0.05) is 30.3 Å². The Morgan fingerprint density at radius 1 is 1.17 bits per heavy atom. The van der Waals surface area contributed by atoms with Crippen LogP contribution in [0.15, 0.2) is 59.5 Å². The second-order valence-electron chi connectivity index (χ2n) is 6.78. The molecular weight excluding hydrogens is 368 g/mol. The molecule has 7 heteroatoms. The molecule has 0 aliphatic heterocycles. The Labute approximate surface area is 167 Å². The topological polar surface area (TPSA) is 79.7 Å². The van der Waals surface area contributed by atoms with E-state index in [4.69, 9.17) is 4.74 Å². The molecule has 148 valence electrons. The summed E-state index contributed by atoms with van der Waals surface area (Å²) in [5.74, 6) is 0.554. The van der Waals surface area contributed by atoms with Crippen LogP contribution in [0.25, 0.3) is 27.9 Å². The van der Waals surface area contributed by atoms with Crippen molar-refractivity contribution in [2.24, 2.45) is 0 Å². The third-order valence-corrected chi connectivity index (χ3v) is 4.88. The first kappa shape index (κ1) is 18.9. The molecule has 0 fully saturated rings. The maximum atomic E-state index is 12.9. The van der Waals surface area contributed by atoms with E-state index in [1.807, 2.05) is 37.3 Å². The van der Waals surface area contributed by atoms with Gasteiger partial charge in [-0.05, 0) is 25.1 Å². The van der Waals surface area contributed by atoms with Crippen molar-refractivity contribution >= 4 is 22.5 Å². The average molecular weight is 390 g/mol. The number of aromatic nitrogens is 3. The van der Waals surface area contributed by atoms with E-state index in [0.717, 1.165) is 11.1 Å². The number of rotatable bonds is 6. The number of fused-ring (bicyclic) bond motifs is 3. The standard InChI is InChI=1S/C22H22N4O3/c1-3-29-12-11-25(2)22(28)16-9-10-17-18(13-16)26-19(21(27)24-17)14-23-20(26)15-7-5-4-6-8-15/h4-10,13-14H,3,11-12H2,1-2H3,(H,24,27). The molecule has 0 saturated heterocycles. The Kier molecular flexibility index (Phi) is 5.14. The summed E-state index contributed by atoms with van der Waals surface area (Å²) >= 11 is 0. The van der Waals surface area contributed by atoms with Crippen LogP contribution < -0.4 is 5.56 Å². The number of benzene rings is 2. The van der Waals surface area contributed by atoms with Gasteiger partial charge in [0.05, 0.1) is 23.8 Å². The monoisotopic (exact) mass is 390 g/mol. The molecule has 2 aromatic carbocycles. The molecule has 0 unspecified atom stereocenters. The summed E-state index contributed by atoms with van der Waals surface area (Å²) in [5.41, 5.74) is 3.01. The van der Waals surface area contributed by atoms with E-state index in [9.17, 15) is 9.59 Å². The number of amides is 1. The largest absolute Gasteiger partial charge is 0.380 e. The molecule has 29 heavy (non-hydrogen) atoms. The number of carbonyl (C=O) groups excluding carboxylic acids is 1. The van der Waals surface area contributed by atoms with E-state index >= 15 is 0 Å². The van der Waals surface area contributed by atoms with Crippen LogP contribution in [0.2, 0.25) is 0 Å². The van der Waals surface area contributed by atoms with Crippen molar-refractivity contribution in [2.45, 2.75) is 6.92 Å². The predicted octanol–water partition coefficient (Wildman–Crippen LogP) is 2.95. The molecule has 2 heterocycles. The lowest BCUT2D eigenvalue weighted by Gasteiger charge is -2.17. The number of ether oxygens (including phenoxy) is 1. The van der Waals surface area contributed by atoms with Crippen molar-refractivity contribution < 1.29 is 9.53 Å². The lowest BCUT2D eigenvalue weighted by atomic mass is 10.1. The SMILES string of the molecule is CCOCCN(C)C(=O)c1ccc2[nH]c(=O)c3cnc(-c4ccccc4)n3c2c1. The summed E-state index contributed by atoms with van der Waals surface area (Å²) in [4.78, 5) is 34.3. The molecule has 0 radical (unpaired) electrons. The molecular formula is C22H22N4O3. The van der Waals surface area contributed by atoms with Crippen molar-refractivity contribution in [2.75, 3.05) is 26.8 Å². The molecule has 4 aromatic rings. The minimum atomic E-state index is -0.222. The lowest BCUT2D eigenvalue weighted by Crippen LogP contribution is -2.30. The fourth-order valence-corrected chi connectivity index (χ4v) is 3.36. The van der Waals surface area contributed by atoms with E-state index < -0.39 is 0 Å². The van der Waals surface area contributed by atoms with Crippen molar-refractivity contribution in [1.82, 2.24) is 19.3 Å². The molecule has 0 aliphatic carbocycles. The zero-order valence-electron chi connectivity index (χ0n) is 16.4. The number of likely N-dealkylation sites (N-methyl/N-ethyl adjacent to an activating group) is 1. The smallest absolute Gasteiger partial charge is 0.274 e. The van der Waals surface area contributed by atoms with E-state index in [2.05, 4.69) is 9.97 Å². The average Bonchev–Trinajstić information content (AvgIpc) is 3.20. The first-order chi connectivity index (χ1) is 14.1. The van der Waals surface area contributed by atoms with Crippen LogP contribution in [0, 0.1) is 0 Å². The number of H-pyrrole nitrogens is 1. The first-order valence-electron chi connectivity index (χ1n) is 9.52. The molecule has 0 saturated carbocycles. The van der Waals surface area contributed by atoms with E-state index in [0.29, 0.717) is 42.2 Å². The highest BCUT2D eigenvalue weighted by Crippen LogP contribution is 2.23. The van der Waals surface area contributed by atoms with Gasteiger partial charge >= 0.3 is 0 Å². The number of hydrogen-bond acceptors (Lipinski definition) is 4. The van der Waals surface area contributed by atoms with Gasteiger partial charge in [0.2, 0.25) is 0 Å². The number of nitrogens with zero attached hydrogens (tertiary/aromatic N) is 3. The van der Waals surface area contributed by atoms with Gasteiger partial charge < -0.3 is 14.6 Å².